The van der Waals surface area contributed by atoms with Gasteiger partial charge in [0.2, 0.25) is 0 Å². The van der Waals surface area contributed by atoms with Crippen LogP contribution in [0.4, 0.5) is 4.39 Å². The zero-order valence-electron chi connectivity index (χ0n) is 10.4. The molecule has 16 heavy (non-hydrogen) atoms. The highest BCUT2D eigenvalue weighted by Gasteiger charge is 2.16. The van der Waals surface area contributed by atoms with Crippen LogP contribution >= 0.6 is 0 Å². The Hall–Kier alpha value is -1.31. The minimum absolute atomic E-state index is 0.00196. The third kappa shape index (κ3) is 3.09. The first-order chi connectivity index (χ1) is 7.20. The van der Waals surface area contributed by atoms with E-state index >= 15 is 0 Å². The minimum atomic E-state index is -0.272. The van der Waals surface area contributed by atoms with Gasteiger partial charge in [0, 0.05) is 5.56 Å². The average molecular weight is 222 g/mol. The normalized spacial score (nSPS) is 11.6. The van der Waals surface area contributed by atoms with Crippen molar-refractivity contribution in [2.45, 2.75) is 34.1 Å². The van der Waals surface area contributed by atoms with E-state index in [0.717, 1.165) is 0 Å². The predicted molar refractivity (Wildman–Crippen MR) is 65.9 cm³/mol. The summed E-state index contributed by atoms with van der Waals surface area (Å²) < 4.78 is 13.8. The summed E-state index contributed by atoms with van der Waals surface area (Å²) >= 11 is 0. The summed E-state index contributed by atoms with van der Waals surface area (Å²) in [5.74, 6) is -0.168. The molecule has 0 bridgehead atoms. The molecule has 0 spiro atoms. The number of allylic oxidation sites excluding steroid dienone is 1. The van der Waals surface area contributed by atoms with Gasteiger partial charge in [0.25, 0.3) is 0 Å². The molecule has 1 nitrogen and oxygen atoms in total. The molecule has 0 aliphatic carbocycles. The van der Waals surface area contributed by atoms with Crippen molar-refractivity contribution in [1.29, 1.82) is 0 Å². The molecule has 1 N–H and O–H groups in total. The molecule has 2 heteroatoms. The Labute approximate surface area is 96.6 Å². The number of phenolic OH excluding ortho intramolecular Hbond substituents is 1. The molecule has 0 saturated heterocycles. The molecule has 0 fully saturated rings. The first-order valence-corrected chi connectivity index (χ1v) is 5.38. The molecule has 0 aromatic heterocycles. The van der Waals surface area contributed by atoms with E-state index in [9.17, 15) is 9.50 Å². The van der Waals surface area contributed by atoms with E-state index in [1.54, 1.807) is 6.92 Å². The average Bonchev–Trinajstić information content (AvgIpc) is 2.07. The summed E-state index contributed by atoms with van der Waals surface area (Å²) in [6, 6.07) is 2.86. The monoisotopic (exact) mass is 222 g/mol. The molecule has 0 amide bonds. The third-order valence-electron chi connectivity index (χ3n) is 2.35. The molecule has 0 atom stereocenters. The SMILES string of the molecule is C=C(C)c1cc(F)c(CC(C)(C)C)cc1O. The fraction of sp³-hybridized carbons (Fsp3) is 0.429. The smallest absolute Gasteiger partial charge is 0.127 e. The van der Waals surface area contributed by atoms with Gasteiger partial charge in [0.15, 0.2) is 0 Å². The molecule has 0 aliphatic heterocycles. The lowest BCUT2D eigenvalue weighted by atomic mass is 9.87. The number of rotatable bonds is 2. The molecular weight excluding hydrogens is 203 g/mol. The van der Waals surface area contributed by atoms with Crippen LogP contribution < -0.4 is 0 Å². The maximum absolute atomic E-state index is 13.8. The highest BCUT2D eigenvalue weighted by atomic mass is 19.1. The second kappa shape index (κ2) is 4.28. The highest BCUT2D eigenvalue weighted by Crippen LogP contribution is 2.30. The number of hydrogen-bond acceptors (Lipinski definition) is 1. The van der Waals surface area contributed by atoms with Crippen molar-refractivity contribution in [1.82, 2.24) is 0 Å². The first-order valence-electron chi connectivity index (χ1n) is 5.38. The van der Waals surface area contributed by atoms with E-state index in [0.29, 0.717) is 23.1 Å². The van der Waals surface area contributed by atoms with Gasteiger partial charge in [-0.3, -0.25) is 0 Å². The van der Waals surface area contributed by atoms with Crippen molar-refractivity contribution in [3.8, 4) is 5.75 Å². The van der Waals surface area contributed by atoms with E-state index in [1.165, 1.54) is 12.1 Å². The lowest BCUT2D eigenvalue weighted by Crippen LogP contribution is -2.10. The largest absolute Gasteiger partial charge is 0.507 e. The molecule has 1 rings (SSSR count). The quantitative estimate of drug-likeness (QED) is 0.796. The van der Waals surface area contributed by atoms with Gasteiger partial charge < -0.3 is 5.11 Å². The van der Waals surface area contributed by atoms with Gasteiger partial charge in [-0.1, -0.05) is 27.4 Å². The van der Waals surface area contributed by atoms with E-state index in [1.807, 2.05) is 20.8 Å². The Kier molecular flexibility index (Phi) is 3.41. The number of phenols is 1. The van der Waals surface area contributed by atoms with Crippen molar-refractivity contribution in [2.75, 3.05) is 0 Å². The molecule has 0 saturated carbocycles. The van der Waals surface area contributed by atoms with Crippen LogP contribution in [-0.4, -0.2) is 5.11 Å². The number of hydrogen-bond donors (Lipinski definition) is 1. The lowest BCUT2D eigenvalue weighted by Gasteiger charge is -2.19. The van der Waals surface area contributed by atoms with Crippen molar-refractivity contribution < 1.29 is 9.50 Å². The van der Waals surface area contributed by atoms with Crippen LogP contribution in [0.15, 0.2) is 18.7 Å². The molecular formula is C14H19FO. The minimum Gasteiger partial charge on any atom is -0.507 e. The third-order valence-corrected chi connectivity index (χ3v) is 2.35. The van der Waals surface area contributed by atoms with Crippen LogP contribution in [0.25, 0.3) is 5.57 Å². The Morgan fingerprint density at radius 1 is 1.38 bits per heavy atom. The van der Waals surface area contributed by atoms with Crippen LogP contribution in [0.2, 0.25) is 0 Å². The first kappa shape index (κ1) is 12.8. The van der Waals surface area contributed by atoms with E-state index in [-0.39, 0.29) is 17.0 Å². The second-order valence-electron chi connectivity index (χ2n) is 5.48. The van der Waals surface area contributed by atoms with Gasteiger partial charge in [-0.25, -0.2) is 4.39 Å². The number of benzene rings is 1. The lowest BCUT2D eigenvalue weighted by molar-refractivity contribution is 0.399. The molecule has 0 heterocycles. The maximum atomic E-state index is 13.8. The Morgan fingerprint density at radius 3 is 2.38 bits per heavy atom. The van der Waals surface area contributed by atoms with Crippen LogP contribution in [0, 0.1) is 11.2 Å². The van der Waals surface area contributed by atoms with Gasteiger partial charge in [0.05, 0.1) is 0 Å². The molecule has 0 unspecified atom stereocenters. The summed E-state index contributed by atoms with van der Waals surface area (Å²) in [6.07, 6.45) is 0.600. The van der Waals surface area contributed by atoms with E-state index in [2.05, 4.69) is 6.58 Å². The Balaban J connectivity index is 3.16. The van der Waals surface area contributed by atoms with E-state index < -0.39 is 0 Å². The Bertz CT molecular complexity index is 413. The summed E-state index contributed by atoms with van der Waals surface area (Å²) in [5, 5.41) is 9.76. The molecule has 1 aromatic carbocycles. The van der Waals surface area contributed by atoms with Crippen molar-refractivity contribution in [2.24, 2.45) is 5.41 Å². The second-order valence-corrected chi connectivity index (χ2v) is 5.48. The standard InChI is InChI=1S/C14H19FO/c1-9(2)11-7-12(15)10(6-13(11)16)8-14(3,4)5/h6-7,16H,1,8H2,2-5H3. The molecule has 0 aliphatic rings. The summed E-state index contributed by atoms with van der Waals surface area (Å²) in [6.45, 7) is 11.6. The van der Waals surface area contributed by atoms with Crippen LogP contribution in [0.1, 0.15) is 38.8 Å². The predicted octanol–water partition coefficient (Wildman–Crippen LogP) is 4.15. The summed E-state index contributed by atoms with van der Waals surface area (Å²) in [4.78, 5) is 0. The van der Waals surface area contributed by atoms with Gasteiger partial charge >= 0.3 is 0 Å². The fourth-order valence-corrected chi connectivity index (χ4v) is 1.65. The van der Waals surface area contributed by atoms with Crippen molar-refractivity contribution in [3.63, 3.8) is 0 Å². The topological polar surface area (TPSA) is 20.2 Å². The van der Waals surface area contributed by atoms with E-state index in [4.69, 9.17) is 0 Å². The summed E-state index contributed by atoms with van der Waals surface area (Å²) in [5.41, 5.74) is 1.70. The van der Waals surface area contributed by atoms with Crippen molar-refractivity contribution in [3.05, 3.63) is 35.7 Å². The zero-order chi connectivity index (χ0) is 12.5. The molecule has 88 valence electrons. The Morgan fingerprint density at radius 2 is 1.94 bits per heavy atom. The van der Waals surface area contributed by atoms with Crippen molar-refractivity contribution >= 4 is 5.57 Å². The number of aromatic hydroxyl groups is 1. The van der Waals surface area contributed by atoms with Gasteiger partial charge in [0.1, 0.15) is 11.6 Å². The fourth-order valence-electron chi connectivity index (χ4n) is 1.65. The maximum Gasteiger partial charge on any atom is 0.127 e. The summed E-state index contributed by atoms with van der Waals surface area (Å²) in [7, 11) is 0. The van der Waals surface area contributed by atoms with Gasteiger partial charge in [-0.15, -0.1) is 0 Å². The number of halogens is 1. The molecule has 1 aromatic rings. The van der Waals surface area contributed by atoms with Crippen LogP contribution in [0.3, 0.4) is 0 Å². The van der Waals surface area contributed by atoms with Crippen LogP contribution in [0.5, 0.6) is 5.75 Å². The van der Waals surface area contributed by atoms with Gasteiger partial charge in [-0.2, -0.15) is 0 Å². The van der Waals surface area contributed by atoms with Gasteiger partial charge in [-0.05, 0) is 42.0 Å². The molecule has 0 radical (unpaired) electrons. The highest BCUT2D eigenvalue weighted by molar-refractivity contribution is 5.67. The van der Waals surface area contributed by atoms with Crippen LogP contribution in [-0.2, 0) is 6.42 Å². The zero-order valence-corrected chi connectivity index (χ0v) is 10.4.